The van der Waals surface area contributed by atoms with Crippen LogP contribution in [-0.2, 0) is 6.54 Å². The van der Waals surface area contributed by atoms with Crippen LogP contribution in [0, 0.1) is 11.8 Å². The molecule has 25 heavy (non-hydrogen) atoms. The van der Waals surface area contributed by atoms with Gasteiger partial charge in [-0.3, -0.25) is 4.79 Å². The molecule has 0 aromatic carbocycles. The lowest BCUT2D eigenvalue weighted by atomic mass is 9.73. The van der Waals surface area contributed by atoms with Crippen molar-refractivity contribution in [2.75, 3.05) is 12.3 Å². The Balaban J connectivity index is 1.88. The Bertz CT molecular complexity index is 806. The summed E-state index contributed by atoms with van der Waals surface area (Å²) in [5.74, 6) is 1.82. The van der Waals surface area contributed by atoms with Crippen LogP contribution in [0.1, 0.15) is 55.1 Å². The number of carbonyl (C=O) groups is 1. The number of rotatable bonds is 4. The third kappa shape index (κ3) is 2.79. The van der Waals surface area contributed by atoms with Crippen molar-refractivity contribution in [2.45, 2.75) is 45.6 Å². The normalized spacial score (nSPS) is 20.3. The number of hydrogen-bond donors (Lipinski definition) is 2. The predicted molar refractivity (Wildman–Crippen MR) is 97.1 cm³/mol. The van der Waals surface area contributed by atoms with Crippen LogP contribution in [0.3, 0.4) is 0 Å². The number of hydrogen-bond acceptors (Lipinski definition) is 4. The van der Waals surface area contributed by atoms with Gasteiger partial charge in [0, 0.05) is 30.9 Å². The highest BCUT2D eigenvalue weighted by Crippen LogP contribution is 2.43. The number of nitrogens with two attached hydrogens (primary N) is 1. The molecule has 0 spiro atoms. The van der Waals surface area contributed by atoms with Crippen LogP contribution < -0.4 is 11.1 Å². The van der Waals surface area contributed by atoms with E-state index in [4.69, 9.17) is 5.73 Å². The molecule has 4 rings (SSSR count). The topological polar surface area (TPSA) is 85.8 Å². The van der Waals surface area contributed by atoms with Gasteiger partial charge in [0.2, 0.25) is 5.95 Å². The van der Waals surface area contributed by atoms with Crippen molar-refractivity contribution >= 4 is 11.9 Å². The van der Waals surface area contributed by atoms with E-state index >= 15 is 0 Å². The van der Waals surface area contributed by atoms with Gasteiger partial charge < -0.3 is 15.6 Å². The Morgan fingerprint density at radius 2 is 2.20 bits per heavy atom. The molecule has 3 heterocycles. The van der Waals surface area contributed by atoms with Crippen molar-refractivity contribution in [3.63, 3.8) is 0 Å². The Kier molecular flexibility index (Phi) is 3.98. The molecule has 1 atom stereocenters. The van der Waals surface area contributed by atoms with Gasteiger partial charge in [0.05, 0.1) is 17.0 Å². The van der Waals surface area contributed by atoms with Crippen LogP contribution in [0.5, 0.6) is 0 Å². The predicted octanol–water partition coefficient (Wildman–Crippen LogP) is 2.81. The quantitative estimate of drug-likeness (QED) is 0.897. The van der Waals surface area contributed by atoms with Crippen molar-refractivity contribution in [3.8, 4) is 11.4 Å². The molecule has 132 valence electrons. The zero-order valence-corrected chi connectivity index (χ0v) is 14.8. The highest BCUT2D eigenvalue weighted by Gasteiger charge is 2.38. The molecule has 6 nitrogen and oxygen atoms in total. The van der Waals surface area contributed by atoms with Gasteiger partial charge in [0.15, 0.2) is 0 Å². The first-order valence-electron chi connectivity index (χ1n) is 9.15. The summed E-state index contributed by atoms with van der Waals surface area (Å²) in [7, 11) is 0. The van der Waals surface area contributed by atoms with Gasteiger partial charge in [-0.15, -0.1) is 0 Å². The number of aromatic nitrogens is 3. The van der Waals surface area contributed by atoms with Crippen LogP contribution in [0.2, 0.25) is 0 Å². The Labute approximate surface area is 147 Å². The first-order valence-corrected chi connectivity index (χ1v) is 9.15. The van der Waals surface area contributed by atoms with Gasteiger partial charge in [-0.1, -0.05) is 20.3 Å². The van der Waals surface area contributed by atoms with E-state index in [0.717, 1.165) is 30.0 Å². The number of amides is 1. The molecule has 1 unspecified atom stereocenters. The molecule has 1 aliphatic heterocycles. The molecular weight excluding hydrogens is 314 g/mol. The molecule has 1 fully saturated rings. The van der Waals surface area contributed by atoms with E-state index < -0.39 is 0 Å². The van der Waals surface area contributed by atoms with E-state index in [2.05, 4.69) is 33.7 Å². The van der Waals surface area contributed by atoms with Crippen molar-refractivity contribution in [2.24, 2.45) is 11.8 Å². The number of fused-ring (bicyclic) bond motifs is 1. The molecular formula is C19H25N5O. The van der Waals surface area contributed by atoms with E-state index in [-0.39, 0.29) is 11.9 Å². The maximum Gasteiger partial charge on any atom is 0.253 e. The highest BCUT2D eigenvalue weighted by atomic mass is 16.1. The minimum absolute atomic E-state index is 0.0244. The van der Waals surface area contributed by atoms with Crippen LogP contribution in [0.15, 0.2) is 18.3 Å². The Morgan fingerprint density at radius 1 is 1.40 bits per heavy atom. The summed E-state index contributed by atoms with van der Waals surface area (Å²) >= 11 is 0. The van der Waals surface area contributed by atoms with Crippen LogP contribution in [0.25, 0.3) is 11.4 Å². The maximum absolute atomic E-state index is 12.5. The third-order valence-electron chi connectivity index (χ3n) is 5.42. The molecule has 1 aliphatic carbocycles. The van der Waals surface area contributed by atoms with Gasteiger partial charge in [-0.25, -0.2) is 9.97 Å². The molecule has 0 bridgehead atoms. The third-order valence-corrected chi connectivity index (χ3v) is 5.42. The average Bonchev–Trinajstić information content (AvgIpc) is 2.88. The zero-order chi connectivity index (χ0) is 17.6. The summed E-state index contributed by atoms with van der Waals surface area (Å²) < 4.78 is 2.31. The van der Waals surface area contributed by atoms with Crippen molar-refractivity contribution in [1.82, 2.24) is 19.9 Å². The number of nitrogens with zero attached hydrogens (tertiary/aromatic N) is 3. The van der Waals surface area contributed by atoms with E-state index in [1.807, 2.05) is 12.1 Å². The van der Waals surface area contributed by atoms with Gasteiger partial charge in [-0.2, -0.15) is 0 Å². The first-order chi connectivity index (χ1) is 12.0. The van der Waals surface area contributed by atoms with Crippen LogP contribution >= 0.6 is 0 Å². The molecule has 2 aliphatic rings. The molecule has 2 aromatic rings. The standard InChI is InChI=1S/C19H25N5O/c1-11(2)10-24-16(15-6-7-21-19(20)23-15)8-13-17(24)14(9-22-18(13)25)12-4-3-5-12/h6-8,11-12,14H,3-5,9-10H2,1-2H3,(H,22,25)(H2,20,21,23). The fourth-order valence-electron chi connectivity index (χ4n) is 4.06. The fourth-order valence-corrected chi connectivity index (χ4v) is 4.06. The minimum atomic E-state index is 0.0244. The second-order valence-electron chi connectivity index (χ2n) is 7.64. The van der Waals surface area contributed by atoms with E-state index in [1.165, 1.54) is 25.0 Å². The molecule has 1 saturated carbocycles. The lowest BCUT2D eigenvalue weighted by Crippen LogP contribution is -2.40. The van der Waals surface area contributed by atoms with Crippen molar-refractivity contribution in [1.29, 1.82) is 0 Å². The van der Waals surface area contributed by atoms with E-state index in [0.29, 0.717) is 17.8 Å². The Hall–Kier alpha value is -2.37. The lowest BCUT2D eigenvalue weighted by molar-refractivity contribution is 0.0923. The molecule has 0 radical (unpaired) electrons. The maximum atomic E-state index is 12.5. The second kappa shape index (κ2) is 6.17. The summed E-state index contributed by atoms with van der Waals surface area (Å²) in [6.07, 6.45) is 5.47. The SMILES string of the molecule is CC(C)Cn1c(-c2ccnc(N)n2)cc2c1C(C1CCC1)CNC2=O. The van der Waals surface area contributed by atoms with Gasteiger partial charge in [0.1, 0.15) is 0 Å². The summed E-state index contributed by atoms with van der Waals surface area (Å²) in [4.78, 5) is 20.9. The molecule has 0 saturated heterocycles. The van der Waals surface area contributed by atoms with Crippen LogP contribution in [0.4, 0.5) is 5.95 Å². The van der Waals surface area contributed by atoms with Gasteiger partial charge >= 0.3 is 0 Å². The molecule has 2 aromatic heterocycles. The van der Waals surface area contributed by atoms with Gasteiger partial charge in [0.25, 0.3) is 5.91 Å². The fraction of sp³-hybridized carbons (Fsp3) is 0.526. The summed E-state index contributed by atoms with van der Waals surface area (Å²) in [6, 6.07) is 3.85. The lowest BCUT2D eigenvalue weighted by Gasteiger charge is -2.37. The monoisotopic (exact) mass is 339 g/mol. The Morgan fingerprint density at radius 3 is 2.84 bits per heavy atom. The van der Waals surface area contributed by atoms with Crippen molar-refractivity contribution < 1.29 is 4.79 Å². The highest BCUT2D eigenvalue weighted by molar-refractivity contribution is 5.98. The summed E-state index contributed by atoms with van der Waals surface area (Å²) in [5, 5.41) is 3.08. The molecule has 3 N–H and O–H groups in total. The summed E-state index contributed by atoms with van der Waals surface area (Å²) in [5.41, 5.74) is 9.53. The van der Waals surface area contributed by atoms with Gasteiger partial charge in [-0.05, 0) is 36.8 Å². The number of nitrogens with one attached hydrogen (secondary N) is 1. The molecule has 1 amide bonds. The largest absolute Gasteiger partial charge is 0.368 e. The average molecular weight is 339 g/mol. The smallest absolute Gasteiger partial charge is 0.253 e. The molecule has 6 heteroatoms. The van der Waals surface area contributed by atoms with Crippen LogP contribution in [-0.4, -0.2) is 27.0 Å². The van der Waals surface area contributed by atoms with E-state index in [9.17, 15) is 4.79 Å². The zero-order valence-electron chi connectivity index (χ0n) is 14.8. The first kappa shape index (κ1) is 16.1. The number of nitrogen functional groups attached to an aromatic ring is 1. The second-order valence-corrected chi connectivity index (χ2v) is 7.64. The number of carbonyl (C=O) groups excluding carboxylic acids is 1. The van der Waals surface area contributed by atoms with E-state index in [1.54, 1.807) is 6.20 Å². The summed E-state index contributed by atoms with van der Waals surface area (Å²) in [6.45, 7) is 6.01. The number of anilines is 1. The minimum Gasteiger partial charge on any atom is -0.368 e. The van der Waals surface area contributed by atoms with Crippen molar-refractivity contribution in [3.05, 3.63) is 29.6 Å².